The number of carbonyl (C=O) groups is 1. The molecule has 3 aliphatic rings. The Morgan fingerprint density at radius 3 is 2.74 bits per heavy atom. The largest absolute Gasteiger partial charge is 0.371 e. The molecular weight excluding hydrogens is 360 g/mol. The number of morpholine rings is 1. The van der Waals surface area contributed by atoms with E-state index in [1.54, 1.807) is 0 Å². The number of benzene rings is 1. The zero-order valence-corrected chi connectivity index (χ0v) is 17.3. The molecule has 1 spiro atoms. The summed E-state index contributed by atoms with van der Waals surface area (Å²) in [7, 11) is -2.08. The number of nitrogens with zero attached hydrogens (tertiary/aromatic N) is 2. The van der Waals surface area contributed by atoms with Crippen molar-refractivity contribution < 1.29 is 13.7 Å². The highest BCUT2D eigenvalue weighted by atomic mass is 32.2. The lowest BCUT2D eigenvalue weighted by atomic mass is 9.93. The standard InChI is InChI=1S/C21H30N2O3S/c1-3-22-27(25)13-9-21(10-14-27)15-23(11-12-26-21)20(24)19-8-7-16(2)17-5-4-6-18(17)19/h7-8H,3-6,9-15H2,1-2H3. The van der Waals surface area contributed by atoms with Crippen molar-refractivity contribution in [2.24, 2.45) is 4.36 Å². The van der Waals surface area contributed by atoms with Gasteiger partial charge in [-0.15, -0.1) is 0 Å². The number of hydrogen-bond acceptors (Lipinski definition) is 4. The summed E-state index contributed by atoms with van der Waals surface area (Å²) in [5, 5.41) is 0. The lowest BCUT2D eigenvalue weighted by Gasteiger charge is -2.45. The fourth-order valence-corrected chi connectivity index (χ4v) is 7.17. The van der Waals surface area contributed by atoms with Gasteiger partial charge < -0.3 is 9.64 Å². The predicted octanol–water partition coefficient (Wildman–Crippen LogP) is 2.98. The second-order valence-electron chi connectivity index (χ2n) is 8.12. The first-order valence-corrected chi connectivity index (χ1v) is 12.0. The molecule has 5 nitrogen and oxygen atoms in total. The molecule has 0 N–H and O–H groups in total. The molecule has 0 unspecified atom stereocenters. The number of ether oxygens (including phenoxy) is 1. The highest BCUT2D eigenvalue weighted by Gasteiger charge is 2.42. The first-order valence-electron chi connectivity index (χ1n) is 10.2. The third-order valence-corrected chi connectivity index (χ3v) is 8.82. The Balaban J connectivity index is 1.53. The van der Waals surface area contributed by atoms with Gasteiger partial charge in [-0.05, 0) is 68.7 Å². The van der Waals surface area contributed by atoms with Crippen molar-refractivity contribution in [2.45, 2.75) is 51.6 Å². The predicted molar refractivity (Wildman–Crippen MR) is 108 cm³/mol. The second-order valence-corrected chi connectivity index (χ2v) is 10.7. The summed E-state index contributed by atoms with van der Waals surface area (Å²) < 4.78 is 23.2. The van der Waals surface area contributed by atoms with Crippen molar-refractivity contribution >= 4 is 15.6 Å². The number of hydrogen-bond donors (Lipinski definition) is 0. The third kappa shape index (κ3) is 3.54. The molecule has 148 valence electrons. The Morgan fingerprint density at radius 2 is 2.00 bits per heavy atom. The van der Waals surface area contributed by atoms with E-state index < -0.39 is 9.73 Å². The Labute approximate surface area is 162 Å². The van der Waals surface area contributed by atoms with Crippen LogP contribution in [0.1, 0.15) is 53.2 Å². The molecule has 1 aromatic carbocycles. The van der Waals surface area contributed by atoms with Gasteiger partial charge in [0, 0.05) is 39.9 Å². The number of carbonyl (C=O) groups excluding carboxylic acids is 1. The highest BCUT2D eigenvalue weighted by molar-refractivity contribution is 7.93. The number of amides is 1. The lowest BCUT2D eigenvalue weighted by Crippen LogP contribution is -2.56. The first-order chi connectivity index (χ1) is 13.0. The van der Waals surface area contributed by atoms with Crippen LogP contribution in [0.15, 0.2) is 16.5 Å². The Morgan fingerprint density at radius 1 is 1.26 bits per heavy atom. The van der Waals surface area contributed by atoms with Gasteiger partial charge in [-0.1, -0.05) is 6.07 Å². The van der Waals surface area contributed by atoms with Crippen LogP contribution >= 0.6 is 0 Å². The Hall–Kier alpha value is -1.40. The van der Waals surface area contributed by atoms with Gasteiger partial charge in [-0.3, -0.25) is 4.79 Å². The summed E-state index contributed by atoms with van der Waals surface area (Å²) in [5.41, 5.74) is 4.48. The molecule has 1 aromatic rings. The molecule has 1 amide bonds. The van der Waals surface area contributed by atoms with E-state index in [4.69, 9.17) is 4.74 Å². The van der Waals surface area contributed by atoms with E-state index in [2.05, 4.69) is 17.4 Å². The van der Waals surface area contributed by atoms with E-state index in [9.17, 15) is 9.00 Å². The molecule has 0 atom stereocenters. The van der Waals surface area contributed by atoms with Gasteiger partial charge in [0.25, 0.3) is 5.91 Å². The van der Waals surface area contributed by atoms with Crippen LogP contribution in [0.4, 0.5) is 0 Å². The van der Waals surface area contributed by atoms with Gasteiger partial charge in [-0.25, -0.2) is 8.57 Å². The van der Waals surface area contributed by atoms with Crippen LogP contribution in [0.5, 0.6) is 0 Å². The minimum absolute atomic E-state index is 0.139. The van der Waals surface area contributed by atoms with Gasteiger partial charge in [0.1, 0.15) is 0 Å². The molecule has 2 fully saturated rings. The maximum Gasteiger partial charge on any atom is 0.254 e. The monoisotopic (exact) mass is 390 g/mol. The molecule has 0 aromatic heterocycles. The van der Waals surface area contributed by atoms with Gasteiger partial charge in [0.05, 0.1) is 18.8 Å². The lowest BCUT2D eigenvalue weighted by molar-refractivity contribution is -0.104. The van der Waals surface area contributed by atoms with Crippen molar-refractivity contribution in [2.75, 3.05) is 37.7 Å². The molecule has 6 heteroatoms. The summed E-state index contributed by atoms with van der Waals surface area (Å²) in [6.07, 6.45) is 4.69. The van der Waals surface area contributed by atoms with E-state index in [0.29, 0.717) is 37.7 Å². The summed E-state index contributed by atoms with van der Waals surface area (Å²) in [5.74, 6) is 1.31. The highest BCUT2D eigenvalue weighted by Crippen LogP contribution is 2.34. The fraction of sp³-hybridized carbons (Fsp3) is 0.667. The number of aryl methyl sites for hydroxylation is 1. The maximum absolute atomic E-state index is 13.3. The summed E-state index contributed by atoms with van der Waals surface area (Å²) >= 11 is 0. The van der Waals surface area contributed by atoms with E-state index in [1.807, 2.05) is 17.9 Å². The zero-order valence-electron chi connectivity index (χ0n) is 16.5. The maximum atomic E-state index is 13.3. The van der Waals surface area contributed by atoms with Crippen molar-refractivity contribution in [3.05, 3.63) is 34.4 Å². The van der Waals surface area contributed by atoms with Crippen molar-refractivity contribution in [3.63, 3.8) is 0 Å². The zero-order chi connectivity index (χ0) is 19.1. The molecular formula is C21H30N2O3S. The van der Waals surface area contributed by atoms with Crippen molar-refractivity contribution in [3.8, 4) is 0 Å². The Bertz CT molecular complexity index is 856. The third-order valence-electron chi connectivity index (χ3n) is 6.40. The summed E-state index contributed by atoms with van der Waals surface area (Å²) in [4.78, 5) is 15.3. The molecule has 1 aliphatic carbocycles. The Kier molecular flexibility index (Phi) is 5.06. The molecule has 2 aliphatic heterocycles. The van der Waals surface area contributed by atoms with E-state index in [-0.39, 0.29) is 11.5 Å². The number of rotatable bonds is 2. The van der Waals surface area contributed by atoms with Crippen LogP contribution in [-0.2, 0) is 27.3 Å². The average Bonchev–Trinajstić information content (AvgIpc) is 3.16. The fourth-order valence-electron chi connectivity index (χ4n) is 4.86. The number of fused-ring (bicyclic) bond motifs is 1. The molecule has 0 radical (unpaired) electrons. The van der Waals surface area contributed by atoms with Gasteiger partial charge in [0.2, 0.25) is 0 Å². The van der Waals surface area contributed by atoms with Gasteiger partial charge in [-0.2, -0.15) is 0 Å². The minimum Gasteiger partial charge on any atom is -0.371 e. The smallest absolute Gasteiger partial charge is 0.254 e. The van der Waals surface area contributed by atoms with Gasteiger partial charge in [0.15, 0.2) is 0 Å². The summed E-state index contributed by atoms with van der Waals surface area (Å²) in [6, 6.07) is 4.10. The van der Waals surface area contributed by atoms with E-state index >= 15 is 0 Å². The molecule has 27 heavy (non-hydrogen) atoms. The SMILES string of the molecule is CCN=S1(=O)CCC2(CC1)CN(C(=O)c1ccc(C)c3c1CCC3)CCO2. The normalized spacial score (nSPS) is 30.4. The first kappa shape index (κ1) is 18.9. The van der Waals surface area contributed by atoms with E-state index in [0.717, 1.165) is 37.7 Å². The van der Waals surface area contributed by atoms with Crippen LogP contribution in [0, 0.1) is 6.92 Å². The molecule has 4 rings (SSSR count). The van der Waals surface area contributed by atoms with Gasteiger partial charge >= 0.3 is 0 Å². The minimum atomic E-state index is -2.08. The van der Waals surface area contributed by atoms with E-state index in [1.165, 1.54) is 16.7 Å². The van der Waals surface area contributed by atoms with Crippen molar-refractivity contribution in [1.82, 2.24) is 4.90 Å². The van der Waals surface area contributed by atoms with Crippen molar-refractivity contribution in [1.29, 1.82) is 0 Å². The van der Waals surface area contributed by atoms with Crippen LogP contribution in [-0.4, -0.2) is 58.4 Å². The molecule has 2 saturated heterocycles. The van der Waals surface area contributed by atoms with Crippen LogP contribution in [0.2, 0.25) is 0 Å². The van der Waals surface area contributed by atoms with Crippen LogP contribution in [0.25, 0.3) is 0 Å². The topological polar surface area (TPSA) is 59.0 Å². The average molecular weight is 391 g/mol. The summed E-state index contributed by atoms with van der Waals surface area (Å²) in [6.45, 7) is 6.49. The second kappa shape index (κ2) is 7.21. The molecule has 0 bridgehead atoms. The van der Waals surface area contributed by atoms with Crippen LogP contribution in [0.3, 0.4) is 0 Å². The quantitative estimate of drug-likeness (QED) is 0.780. The molecule has 0 saturated carbocycles. The molecule has 2 heterocycles. The van der Waals surface area contributed by atoms with Crippen LogP contribution < -0.4 is 0 Å².